The van der Waals surface area contributed by atoms with E-state index in [0.717, 1.165) is 5.75 Å². The zero-order valence-corrected chi connectivity index (χ0v) is 13.4. The third kappa shape index (κ3) is 3.47. The van der Waals surface area contributed by atoms with E-state index in [1.165, 1.54) is 22.0 Å². The van der Waals surface area contributed by atoms with Gasteiger partial charge in [-0.05, 0) is 26.0 Å². The van der Waals surface area contributed by atoms with E-state index >= 15 is 0 Å². The number of nitrogens with zero attached hydrogens (tertiary/aromatic N) is 2. The van der Waals surface area contributed by atoms with Crippen molar-refractivity contribution in [1.82, 2.24) is 9.80 Å². The van der Waals surface area contributed by atoms with E-state index in [1.54, 1.807) is 25.6 Å². The largest absolute Gasteiger partial charge is 0.275 e. The molecule has 0 saturated heterocycles. The summed E-state index contributed by atoms with van der Waals surface area (Å²) < 4.78 is 0. The molecule has 22 heavy (non-hydrogen) atoms. The molecular weight excluding hydrogens is 304 g/mol. The Labute approximate surface area is 133 Å². The van der Waals surface area contributed by atoms with Gasteiger partial charge in [0.1, 0.15) is 0 Å². The highest BCUT2D eigenvalue weighted by Crippen LogP contribution is 2.15. The summed E-state index contributed by atoms with van der Waals surface area (Å²) in [5.41, 5.74) is 0.954. The van der Waals surface area contributed by atoms with Crippen LogP contribution >= 0.6 is 11.8 Å². The third-order valence-electron chi connectivity index (χ3n) is 3.51. The fraction of sp³-hybridized carbons (Fsp3) is 0.467. The predicted molar refractivity (Wildman–Crippen MR) is 82.9 cm³/mol. The third-order valence-corrected chi connectivity index (χ3v) is 4.56. The highest BCUT2D eigenvalue weighted by molar-refractivity contribution is 7.99. The number of carbonyl (C=O) groups excluding carboxylic acids is 4. The van der Waals surface area contributed by atoms with Crippen molar-refractivity contribution in [2.45, 2.75) is 20.3 Å². The second-order valence-electron chi connectivity index (χ2n) is 5.21. The summed E-state index contributed by atoms with van der Waals surface area (Å²) in [6.45, 7) is 4.06. The molecule has 2 rings (SSSR count). The van der Waals surface area contributed by atoms with E-state index < -0.39 is 0 Å². The van der Waals surface area contributed by atoms with E-state index in [9.17, 15) is 19.2 Å². The summed E-state index contributed by atoms with van der Waals surface area (Å²) in [5, 5.41) is 0. The fourth-order valence-electron chi connectivity index (χ4n) is 2.28. The van der Waals surface area contributed by atoms with Crippen LogP contribution in [0.1, 0.15) is 20.3 Å². The monoisotopic (exact) mass is 322 g/mol. The van der Waals surface area contributed by atoms with Crippen LogP contribution < -0.4 is 0 Å². The van der Waals surface area contributed by atoms with Gasteiger partial charge in [0.15, 0.2) is 0 Å². The van der Waals surface area contributed by atoms with Crippen LogP contribution in [0.5, 0.6) is 0 Å². The second kappa shape index (κ2) is 6.91. The van der Waals surface area contributed by atoms with E-state index in [4.69, 9.17) is 0 Å². The van der Waals surface area contributed by atoms with Crippen LogP contribution in [0.15, 0.2) is 23.3 Å². The first-order chi connectivity index (χ1) is 10.4. The molecule has 118 valence electrons. The number of thioether (sulfide) groups is 1. The highest BCUT2D eigenvalue weighted by Gasteiger charge is 2.28. The molecule has 2 aliphatic rings. The first-order valence-electron chi connectivity index (χ1n) is 7.08. The predicted octanol–water partition coefficient (Wildman–Crippen LogP) is 0.740. The van der Waals surface area contributed by atoms with Gasteiger partial charge in [-0.15, -0.1) is 0 Å². The molecule has 2 heterocycles. The molecule has 0 saturated carbocycles. The van der Waals surface area contributed by atoms with Gasteiger partial charge in [0.25, 0.3) is 23.6 Å². The molecule has 2 aliphatic heterocycles. The van der Waals surface area contributed by atoms with Gasteiger partial charge in [0, 0.05) is 42.1 Å². The van der Waals surface area contributed by atoms with Crippen LogP contribution in [0.3, 0.4) is 0 Å². The lowest BCUT2D eigenvalue weighted by Crippen LogP contribution is -2.33. The van der Waals surface area contributed by atoms with Gasteiger partial charge in [0.2, 0.25) is 0 Å². The van der Waals surface area contributed by atoms with Crippen molar-refractivity contribution < 1.29 is 19.2 Å². The van der Waals surface area contributed by atoms with Gasteiger partial charge >= 0.3 is 0 Å². The molecule has 0 radical (unpaired) electrons. The van der Waals surface area contributed by atoms with Gasteiger partial charge in [0.05, 0.1) is 0 Å². The van der Waals surface area contributed by atoms with Gasteiger partial charge < -0.3 is 0 Å². The summed E-state index contributed by atoms with van der Waals surface area (Å²) in [6.07, 6.45) is 3.41. The fourth-order valence-corrected chi connectivity index (χ4v) is 3.13. The van der Waals surface area contributed by atoms with Crippen molar-refractivity contribution in [3.05, 3.63) is 23.3 Å². The molecule has 0 unspecified atom stereocenters. The molecule has 0 bridgehead atoms. The molecule has 4 amide bonds. The van der Waals surface area contributed by atoms with Crippen LogP contribution in [-0.4, -0.2) is 58.0 Å². The molecular formula is C15H18N2O4S. The van der Waals surface area contributed by atoms with Gasteiger partial charge in [-0.25, -0.2) is 0 Å². The summed E-state index contributed by atoms with van der Waals surface area (Å²) >= 11 is 1.60. The lowest BCUT2D eigenvalue weighted by atomic mass is 10.3. The van der Waals surface area contributed by atoms with E-state index in [0.29, 0.717) is 36.4 Å². The smallest absolute Gasteiger partial charge is 0.256 e. The maximum absolute atomic E-state index is 11.7. The van der Waals surface area contributed by atoms with E-state index in [-0.39, 0.29) is 23.6 Å². The Morgan fingerprint density at radius 3 is 1.77 bits per heavy atom. The van der Waals surface area contributed by atoms with Crippen LogP contribution in [0.4, 0.5) is 0 Å². The first-order valence-corrected chi connectivity index (χ1v) is 8.23. The molecule has 0 aromatic rings. The van der Waals surface area contributed by atoms with Crippen LogP contribution in [-0.2, 0) is 19.2 Å². The van der Waals surface area contributed by atoms with E-state index in [1.807, 2.05) is 0 Å². The first kappa shape index (κ1) is 16.5. The number of hydrogen-bond donors (Lipinski definition) is 0. The summed E-state index contributed by atoms with van der Waals surface area (Å²) in [6, 6.07) is 0. The molecule has 0 aromatic heterocycles. The Morgan fingerprint density at radius 1 is 0.818 bits per heavy atom. The minimum Gasteiger partial charge on any atom is -0.275 e. The van der Waals surface area contributed by atoms with Crippen molar-refractivity contribution in [3.63, 3.8) is 0 Å². The van der Waals surface area contributed by atoms with Gasteiger partial charge in [-0.2, -0.15) is 11.8 Å². The summed E-state index contributed by atoms with van der Waals surface area (Å²) in [7, 11) is 0. The van der Waals surface area contributed by atoms with Crippen LogP contribution in [0.25, 0.3) is 0 Å². The van der Waals surface area contributed by atoms with Crippen molar-refractivity contribution >= 4 is 35.4 Å². The summed E-state index contributed by atoms with van der Waals surface area (Å²) in [4.78, 5) is 48.8. The minimum atomic E-state index is -0.252. The molecule has 6 nitrogen and oxygen atoms in total. The molecule has 0 atom stereocenters. The van der Waals surface area contributed by atoms with Crippen molar-refractivity contribution in [3.8, 4) is 0 Å². The number of amides is 4. The zero-order valence-electron chi connectivity index (χ0n) is 12.6. The van der Waals surface area contributed by atoms with E-state index in [2.05, 4.69) is 0 Å². The Morgan fingerprint density at radius 2 is 1.32 bits per heavy atom. The average Bonchev–Trinajstić information content (AvgIpc) is 2.84. The minimum absolute atomic E-state index is 0.218. The van der Waals surface area contributed by atoms with Gasteiger partial charge in [-0.1, -0.05) is 0 Å². The Hall–Kier alpha value is -1.89. The normalized spacial score (nSPS) is 18.5. The summed E-state index contributed by atoms with van der Waals surface area (Å²) in [5.74, 6) is 0.474. The molecule has 0 aliphatic carbocycles. The molecule has 0 spiro atoms. The quantitative estimate of drug-likeness (QED) is 0.510. The molecule has 0 N–H and O–H groups in total. The second-order valence-corrected chi connectivity index (χ2v) is 6.44. The number of imide groups is 2. The van der Waals surface area contributed by atoms with Crippen molar-refractivity contribution in [2.75, 3.05) is 24.6 Å². The number of hydrogen-bond acceptors (Lipinski definition) is 5. The molecule has 0 aromatic carbocycles. The highest BCUT2D eigenvalue weighted by atomic mass is 32.2. The lowest BCUT2D eigenvalue weighted by molar-refractivity contribution is -0.138. The maximum atomic E-state index is 11.7. The maximum Gasteiger partial charge on any atom is 0.256 e. The number of carbonyl (C=O) groups is 4. The Bertz CT molecular complexity index is 542. The lowest BCUT2D eigenvalue weighted by Gasteiger charge is -2.15. The van der Waals surface area contributed by atoms with Crippen molar-refractivity contribution in [1.29, 1.82) is 0 Å². The standard InChI is InChI=1S/C15H18N2O4S/c1-10-8-12(18)16(14(10)20)4-3-6-22-7-5-17-13(19)9-11(2)15(17)21/h8-9H,3-7H2,1-2H3. The SMILES string of the molecule is CC1=CC(=O)N(CCCSCCN2C(=O)C=C(C)C2=O)C1=O. The van der Waals surface area contributed by atoms with Crippen LogP contribution in [0, 0.1) is 0 Å². The van der Waals surface area contributed by atoms with Crippen LogP contribution in [0.2, 0.25) is 0 Å². The zero-order chi connectivity index (χ0) is 16.3. The Kier molecular flexibility index (Phi) is 5.18. The van der Waals surface area contributed by atoms with Crippen molar-refractivity contribution in [2.24, 2.45) is 0 Å². The topological polar surface area (TPSA) is 74.8 Å². The number of rotatable bonds is 7. The van der Waals surface area contributed by atoms with Gasteiger partial charge in [-0.3, -0.25) is 29.0 Å². The Balaban J connectivity index is 1.61. The molecule has 0 fully saturated rings. The molecule has 7 heteroatoms. The average molecular weight is 322 g/mol.